The number of benzene rings is 1. The molecule has 2 amide bonds. The van der Waals surface area contributed by atoms with E-state index in [1.807, 2.05) is 24.3 Å². The number of hydrogen-bond donors (Lipinski definition) is 2. The molecule has 0 atom stereocenters. The SMILES string of the molecule is O=C1NC(=O)/C(=C/c2ccnc(N3CCC(CNCc4cc(F)cc(-c5cccc6cnccc56)n4)CC3)n2)S1. The molecule has 4 aromatic rings. The first-order valence-corrected chi connectivity index (χ1v) is 13.9. The van der Waals surface area contributed by atoms with Crippen molar-refractivity contribution in [3.63, 3.8) is 0 Å². The molecule has 2 N–H and O–H groups in total. The molecule has 40 heavy (non-hydrogen) atoms. The minimum atomic E-state index is -0.403. The third kappa shape index (κ3) is 5.85. The molecule has 0 saturated carbocycles. The summed E-state index contributed by atoms with van der Waals surface area (Å²) in [5, 5.41) is 7.31. The number of fused-ring (bicyclic) bond motifs is 1. The van der Waals surface area contributed by atoms with Gasteiger partial charge in [-0.3, -0.25) is 24.9 Å². The van der Waals surface area contributed by atoms with Crippen molar-refractivity contribution < 1.29 is 14.0 Å². The minimum Gasteiger partial charge on any atom is -0.341 e. The van der Waals surface area contributed by atoms with Gasteiger partial charge in [0.1, 0.15) is 5.82 Å². The predicted octanol–water partition coefficient (Wildman–Crippen LogP) is 4.56. The molecule has 9 nitrogen and oxygen atoms in total. The number of aromatic nitrogens is 4. The van der Waals surface area contributed by atoms with E-state index in [0.717, 1.165) is 60.6 Å². The van der Waals surface area contributed by atoms with Crippen molar-refractivity contribution in [2.75, 3.05) is 24.5 Å². The summed E-state index contributed by atoms with van der Waals surface area (Å²) in [7, 11) is 0. The van der Waals surface area contributed by atoms with E-state index in [-0.39, 0.29) is 11.1 Å². The lowest BCUT2D eigenvalue weighted by Crippen LogP contribution is -2.38. The number of rotatable bonds is 7. The van der Waals surface area contributed by atoms with E-state index in [1.165, 1.54) is 12.1 Å². The number of nitrogens with zero attached hydrogens (tertiary/aromatic N) is 5. The van der Waals surface area contributed by atoms with Gasteiger partial charge in [0.25, 0.3) is 11.1 Å². The van der Waals surface area contributed by atoms with Crippen molar-refractivity contribution in [3.05, 3.63) is 83.2 Å². The second kappa shape index (κ2) is 11.5. The van der Waals surface area contributed by atoms with E-state index in [4.69, 9.17) is 4.98 Å². The van der Waals surface area contributed by atoms with E-state index in [9.17, 15) is 14.0 Å². The molecule has 1 aromatic carbocycles. The van der Waals surface area contributed by atoms with E-state index in [2.05, 4.69) is 30.5 Å². The summed E-state index contributed by atoms with van der Waals surface area (Å²) in [5.74, 6) is 0.359. The Bertz CT molecular complexity index is 1620. The molecule has 0 aliphatic carbocycles. The number of nitrogens with one attached hydrogen (secondary N) is 2. The summed E-state index contributed by atoms with van der Waals surface area (Å²) < 4.78 is 14.5. The summed E-state index contributed by atoms with van der Waals surface area (Å²) in [6.07, 6.45) is 8.72. The normalized spacial score (nSPS) is 17.1. The van der Waals surface area contributed by atoms with Gasteiger partial charge in [0, 0.05) is 55.2 Å². The Morgan fingerprint density at radius 3 is 2.80 bits per heavy atom. The van der Waals surface area contributed by atoms with Crippen LogP contribution in [0.15, 0.2) is 66.0 Å². The first kappa shape index (κ1) is 26.0. The van der Waals surface area contributed by atoms with Crippen molar-refractivity contribution in [2.24, 2.45) is 5.92 Å². The van der Waals surface area contributed by atoms with Gasteiger partial charge in [-0.25, -0.2) is 14.4 Å². The Labute approximate surface area is 234 Å². The zero-order valence-corrected chi connectivity index (χ0v) is 22.3. The zero-order chi connectivity index (χ0) is 27.5. The number of piperidine rings is 1. The third-order valence-electron chi connectivity index (χ3n) is 7.02. The number of anilines is 1. The molecule has 5 heterocycles. The van der Waals surface area contributed by atoms with Crippen LogP contribution in [-0.2, 0) is 11.3 Å². The Morgan fingerprint density at radius 2 is 1.98 bits per heavy atom. The molecule has 3 aromatic heterocycles. The van der Waals surface area contributed by atoms with Crippen LogP contribution in [0.5, 0.6) is 0 Å². The summed E-state index contributed by atoms with van der Waals surface area (Å²) in [4.78, 5) is 43.6. The second-order valence-electron chi connectivity index (χ2n) is 9.76. The van der Waals surface area contributed by atoms with E-state index < -0.39 is 5.91 Å². The fourth-order valence-corrected chi connectivity index (χ4v) is 5.68. The lowest BCUT2D eigenvalue weighted by Gasteiger charge is -2.32. The van der Waals surface area contributed by atoms with Crippen LogP contribution in [-0.4, -0.2) is 50.7 Å². The quantitative estimate of drug-likeness (QED) is 0.317. The van der Waals surface area contributed by atoms with Gasteiger partial charge in [-0.15, -0.1) is 0 Å². The van der Waals surface area contributed by atoms with Gasteiger partial charge >= 0.3 is 0 Å². The second-order valence-corrected chi connectivity index (χ2v) is 10.8. The van der Waals surface area contributed by atoms with Gasteiger partial charge in [-0.05, 0) is 66.7 Å². The fraction of sp³-hybridized carbons (Fsp3) is 0.241. The number of carbonyl (C=O) groups is 2. The van der Waals surface area contributed by atoms with Crippen molar-refractivity contribution >= 4 is 45.7 Å². The number of hydrogen-bond acceptors (Lipinski definition) is 9. The topological polar surface area (TPSA) is 113 Å². The average Bonchev–Trinajstić information content (AvgIpc) is 3.28. The summed E-state index contributed by atoms with van der Waals surface area (Å²) in [5.41, 5.74) is 2.74. The van der Waals surface area contributed by atoms with Crippen molar-refractivity contribution in [1.29, 1.82) is 0 Å². The molecule has 202 valence electrons. The highest BCUT2D eigenvalue weighted by atomic mass is 32.2. The molecule has 0 bridgehead atoms. The summed E-state index contributed by atoms with van der Waals surface area (Å²) >= 11 is 0.870. The number of thioether (sulfide) groups is 1. The highest BCUT2D eigenvalue weighted by molar-refractivity contribution is 8.18. The molecule has 2 fully saturated rings. The number of pyridine rings is 2. The van der Waals surface area contributed by atoms with Crippen LogP contribution in [0, 0.1) is 11.7 Å². The maximum Gasteiger partial charge on any atom is 0.290 e. The molecule has 2 aliphatic rings. The van der Waals surface area contributed by atoms with Crippen LogP contribution in [0.3, 0.4) is 0 Å². The van der Waals surface area contributed by atoms with Crippen molar-refractivity contribution in [1.82, 2.24) is 30.6 Å². The molecular weight excluding hydrogens is 529 g/mol. The highest BCUT2D eigenvalue weighted by Crippen LogP contribution is 2.28. The smallest absolute Gasteiger partial charge is 0.290 e. The Morgan fingerprint density at radius 1 is 1.10 bits per heavy atom. The molecule has 2 saturated heterocycles. The molecular formula is C29H26FN7O2S. The maximum atomic E-state index is 14.5. The van der Waals surface area contributed by atoms with Crippen LogP contribution in [0.2, 0.25) is 0 Å². The fourth-order valence-electron chi connectivity index (χ4n) is 5.02. The predicted molar refractivity (Wildman–Crippen MR) is 153 cm³/mol. The van der Waals surface area contributed by atoms with Gasteiger partial charge in [0.2, 0.25) is 5.95 Å². The lowest BCUT2D eigenvalue weighted by molar-refractivity contribution is -0.115. The van der Waals surface area contributed by atoms with E-state index >= 15 is 0 Å². The number of imide groups is 1. The van der Waals surface area contributed by atoms with Crippen molar-refractivity contribution in [2.45, 2.75) is 19.4 Å². The summed E-state index contributed by atoms with van der Waals surface area (Å²) in [6.45, 7) is 2.89. The summed E-state index contributed by atoms with van der Waals surface area (Å²) in [6, 6.07) is 12.5. The molecule has 11 heteroatoms. The Balaban J connectivity index is 1.04. The van der Waals surface area contributed by atoms with Crippen LogP contribution in [0.25, 0.3) is 28.1 Å². The first-order valence-electron chi connectivity index (χ1n) is 13.0. The third-order valence-corrected chi connectivity index (χ3v) is 7.83. The van der Waals surface area contributed by atoms with Crippen LogP contribution < -0.4 is 15.5 Å². The monoisotopic (exact) mass is 555 g/mol. The average molecular weight is 556 g/mol. The zero-order valence-electron chi connectivity index (χ0n) is 21.5. The van der Waals surface area contributed by atoms with Crippen LogP contribution in [0.4, 0.5) is 15.1 Å². The lowest BCUT2D eigenvalue weighted by atomic mass is 9.97. The van der Waals surface area contributed by atoms with E-state index in [0.29, 0.717) is 40.4 Å². The molecule has 2 aliphatic heterocycles. The van der Waals surface area contributed by atoms with Crippen molar-refractivity contribution in [3.8, 4) is 11.3 Å². The molecule has 0 unspecified atom stereocenters. The Kier molecular flexibility index (Phi) is 7.47. The van der Waals surface area contributed by atoms with E-state index in [1.54, 1.807) is 30.7 Å². The maximum absolute atomic E-state index is 14.5. The molecule has 0 radical (unpaired) electrons. The Hall–Kier alpha value is -4.22. The number of amides is 2. The van der Waals surface area contributed by atoms with Gasteiger partial charge in [0.15, 0.2) is 0 Å². The largest absolute Gasteiger partial charge is 0.341 e. The standard InChI is InChI=1S/C29H26FN7O2S/c30-20-12-22(34-25(13-20)24-3-1-2-19-16-31-8-5-23(19)24)17-32-15-18-6-10-37(11-7-18)28-33-9-4-21(35-28)14-26-27(38)36-29(39)40-26/h1-5,8-9,12-14,16,18,32H,6-7,10-11,15,17H2,(H,36,38,39)/b26-14-. The number of halogens is 1. The van der Waals surface area contributed by atoms with Crippen LogP contribution >= 0.6 is 11.8 Å². The first-order chi connectivity index (χ1) is 19.5. The van der Waals surface area contributed by atoms with Crippen LogP contribution in [0.1, 0.15) is 24.2 Å². The number of carbonyl (C=O) groups excluding carboxylic acids is 2. The molecule has 6 rings (SSSR count). The highest BCUT2D eigenvalue weighted by Gasteiger charge is 2.26. The molecule has 0 spiro atoms. The van der Waals surface area contributed by atoms with Gasteiger partial charge in [-0.1, -0.05) is 18.2 Å². The van der Waals surface area contributed by atoms with Gasteiger partial charge in [0.05, 0.1) is 22.0 Å². The van der Waals surface area contributed by atoms with Gasteiger partial charge < -0.3 is 10.2 Å². The van der Waals surface area contributed by atoms with Gasteiger partial charge in [-0.2, -0.15) is 0 Å². The minimum absolute atomic E-state index is 0.308.